The number of hydrogen-bond donors (Lipinski definition) is 2. The number of nitro groups is 1. The number of aromatic hydroxyl groups is 1. The highest BCUT2D eigenvalue weighted by Gasteiger charge is 2.43. The lowest BCUT2D eigenvalue weighted by Crippen LogP contribution is -2.30. The Kier molecular flexibility index (Phi) is 5.64. The summed E-state index contributed by atoms with van der Waals surface area (Å²) in [5.41, 5.74) is 2.61. The Bertz CT molecular complexity index is 1390. The molecule has 3 heterocycles. The van der Waals surface area contributed by atoms with Crippen LogP contribution in [0.25, 0.3) is 5.69 Å². The number of phenols is 1. The quantitative estimate of drug-likeness (QED) is 0.221. The van der Waals surface area contributed by atoms with Gasteiger partial charge < -0.3 is 19.9 Å². The molecule has 0 amide bonds. The molecular weight excluding hydrogens is 474 g/mol. The maximum atomic E-state index is 11.4. The zero-order chi connectivity index (χ0) is 23.8. The van der Waals surface area contributed by atoms with Crippen LogP contribution in [0.1, 0.15) is 23.5 Å². The second kappa shape index (κ2) is 8.77. The zero-order valence-corrected chi connectivity index (χ0v) is 19.1. The molecule has 2 atom stereocenters. The molecule has 1 aliphatic rings. The minimum atomic E-state index is -0.443. The summed E-state index contributed by atoms with van der Waals surface area (Å²) in [7, 11) is 0. The number of nitrogens with zero attached hydrogens (tertiary/aromatic N) is 4. The van der Waals surface area contributed by atoms with Gasteiger partial charge >= 0.3 is 0 Å². The third-order valence-electron chi connectivity index (χ3n) is 5.70. The number of thiocarbonyl (C=S) groups is 1. The smallest absolute Gasteiger partial charge is 0.271 e. The van der Waals surface area contributed by atoms with Gasteiger partial charge in [0.05, 0.1) is 28.0 Å². The number of benzene rings is 2. The SMILES string of the molecule is O=[N+]([O-])c1cccc(-n2cccc2[C@H]2[C@@H](c3ccccn3)NC(=S)N2c2cc(Cl)ccc2O)c1. The van der Waals surface area contributed by atoms with Gasteiger partial charge in [-0.1, -0.05) is 23.7 Å². The van der Waals surface area contributed by atoms with E-state index in [0.717, 1.165) is 11.4 Å². The molecule has 0 spiro atoms. The Balaban J connectivity index is 1.69. The van der Waals surface area contributed by atoms with E-state index in [0.29, 0.717) is 21.5 Å². The molecule has 0 unspecified atom stereocenters. The van der Waals surface area contributed by atoms with Crippen molar-refractivity contribution in [2.45, 2.75) is 12.1 Å². The molecule has 4 aromatic rings. The second-order valence-electron chi connectivity index (χ2n) is 7.71. The number of hydrogen-bond acceptors (Lipinski definition) is 5. The number of phenolic OH excluding ortho intramolecular Hbond substituents is 1. The summed E-state index contributed by atoms with van der Waals surface area (Å²) in [5, 5.41) is 26.2. The van der Waals surface area contributed by atoms with Gasteiger partial charge in [-0.3, -0.25) is 15.1 Å². The molecule has 2 N–H and O–H groups in total. The van der Waals surface area contributed by atoms with Crippen LogP contribution in [0.5, 0.6) is 5.75 Å². The summed E-state index contributed by atoms with van der Waals surface area (Å²) in [5.74, 6) is 0.0219. The minimum Gasteiger partial charge on any atom is -0.506 e. The molecule has 34 heavy (non-hydrogen) atoms. The Morgan fingerprint density at radius 2 is 1.94 bits per heavy atom. The van der Waals surface area contributed by atoms with E-state index in [4.69, 9.17) is 23.8 Å². The van der Waals surface area contributed by atoms with Gasteiger partial charge in [0.25, 0.3) is 5.69 Å². The molecule has 5 rings (SSSR count). The van der Waals surface area contributed by atoms with Gasteiger partial charge in [-0.25, -0.2) is 0 Å². The fourth-order valence-electron chi connectivity index (χ4n) is 4.23. The van der Waals surface area contributed by atoms with Gasteiger partial charge in [-0.2, -0.15) is 0 Å². The number of nitro benzene ring substituents is 1. The molecule has 2 aromatic heterocycles. The third kappa shape index (κ3) is 3.85. The number of pyridine rings is 1. The zero-order valence-electron chi connectivity index (χ0n) is 17.6. The normalized spacial score (nSPS) is 17.6. The summed E-state index contributed by atoms with van der Waals surface area (Å²) in [6.45, 7) is 0. The van der Waals surface area contributed by atoms with Crippen LogP contribution in [0.2, 0.25) is 5.02 Å². The topological polar surface area (TPSA) is 96.5 Å². The average molecular weight is 492 g/mol. The summed E-state index contributed by atoms with van der Waals surface area (Å²) >= 11 is 12.0. The maximum Gasteiger partial charge on any atom is 0.271 e. The molecule has 10 heteroatoms. The van der Waals surface area contributed by atoms with E-state index in [1.165, 1.54) is 18.2 Å². The number of rotatable bonds is 5. The molecular formula is C24H18ClN5O3S. The second-order valence-corrected chi connectivity index (χ2v) is 8.53. The summed E-state index contributed by atoms with van der Waals surface area (Å²) < 4.78 is 1.87. The van der Waals surface area contributed by atoms with Crippen molar-refractivity contribution in [3.63, 3.8) is 0 Å². The van der Waals surface area contributed by atoms with Crippen molar-refractivity contribution in [1.82, 2.24) is 14.9 Å². The van der Waals surface area contributed by atoms with Crippen molar-refractivity contribution in [2.24, 2.45) is 0 Å². The van der Waals surface area contributed by atoms with Crippen LogP contribution in [-0.4, -0.2) is 24.7 Å². The Labute approximate surface area is 205 Å². The van der Waals surface area contributed by atoms with E-state index >= 15 is 0 Å². The highest BCUT2D eigenvalue weighted by atomic mass is 35.5. The number of non-ortho nitro benzene ring substituents is 1. The monoisotopic (exact) mass is 491 g/mol. The first-order valence-corrected chi connectivity index (χ1v) is 11.1. The maximum absolute atomic E-state index is 11.4. The summed E-state index contributed by atoms with van der Waals surface area (Å²) in [6.07, 6.45) is 3.54. The van der Waals surface area contributed by atoms with Crippen molar-refractivity contribution in [2.75, 3.05) is 4.90 Å². The van der Waals surface area contributed by atoms with Crippen molar-refractivity contribution in [3.05, 3.63) is 112 Å². The van der Waals surface area contributed by atoms with Crippen LogP contribution in [0, 0.1) is 10.1 Å². The van der Waals surface area contributed by atoms with E-state index in [2.05, 4.69) is 10.3 Å². The molecule has 0 radical (unpaired) electrons. The van der Waals surface area contributed by atoms with Crippen molar-refractivity contribution < 1.29 is 10.0 Å². The fraction of sp³-hybridized carbons (Fsp3) is 0.0833. The molecule has 1 saturated heterocycles. The number of anilines is 1. The molecule has 1 fully saturated rings. The van der Waals surface area contributed by atoms with Crippen LogP contribution in [-0.2, 0) is 0 Å². The lowest BCUT2D eigenvalue weighted by Gasteiger charge is -2.29. The van der Waals surface area contributed by atoms with Gasteiger partial charge in [0.2, 0.25) is 0 Å². The predicted molar refractivity (Wildman–Crippen MR) is 133 cm³/mol. The van der Waals surface area contributed by atoms with Crippen LogP contribution >= 0.6 is 23.8 Å². The Morgan fingerprint density at radius 3 is 2.71 bits per heavy atom. The third-order valence-corrected chi connectivity index (χ3v) is 6.25. The van der Waals surface area contributed by atoms with Crippen LogP contribution < -0.4 is 10.2 Å². The first kappa shape index (κ1) is 21.9. The Morgan fingerprint density at radius 1 is 1.09 bits per heavy atom. The average Bonchev–Trinajstić information content (AvgIpc) is 3.45. The molecule has 0 aliphatic carbocycles. The van der Waals surface area contributed by atoms with E-state index in [1.54, 1.807) is 35.4 Å². The van der Waals surface area contributed by atoms with Gasteiger partial charge in [-0.05, 0) is 60.7 Å². The standard InChI is InChI=1S/C24H18ClN5O3S/c25-15-9-10-21(31)20(13-15)29-23(22(27-24(29)34)18-7-1-2-11-26-18)19-8-4-12-28(19)16-5-3-6-17(14-16)30(32)33/h1-14,22-23,31H,(H,27,34)/t22-,23+/m1/s1. The van der Waals surface area contributed by atoms with Gasteiger partial charge in [0.15, 0.2) is 5.11 Å². The van der Waals surface area contributed by atoms with Crippen molar-refractivity contribution in [1.29, 1.82) is 0 Å². The molecule has 2 aromatic carbocycles. The van der Waals surface area contributed by atoms with E-state index in [9.17, 15) is 15.2 Å². The van der Waals surface area contributed by atoms with E-state index < -0.39 is 11.0 Å². The van der Waals surface area contributed by atoms with Crippen LogP contribution in [0.4, 0.5) is 11.4 Å². The fourth-order valence-corrected chi connectivity index (χ4v) is 4.74. The lowest BCUT2D eigenvalue weighted by atomic mass is 10.0. The highest BCUT2D eigenvalue weighted by Crippen LogP contribution is 2.45. The molecule has 1 aliphatic heterocycles. The van der Waals surface area contributed by atoms with Crippen LogP contribution in [0.15, 0.2) is 85.2 Å². The number of aromatic nitrogens is 2. The van der Waals surface area contributed by atoms with E-state index in [1.807, 2.05) is 41.1 Å². The molecule has 0 bridgehead atoms. The summed E-state index contributed by atoms with van der Waals surface area (Å²) in [6, 6.07) is 19.8. The van der Waals surface area contributed by atoms with E-state index in [-0.39, 0.29) is 17.5 Å². The summed E-state index contributed by atoms with van der Waals surface area (Å²) in [4.78, 5) is 17.3. The largest absolute Gasteiger partial charge is 0.506 e. The molecule has 8 nitrogen and oxygen atoms in total. The first-order chi connectivity index (χ1) is 16.4. The van der Waals surface area contributed by atoms with Crippen molar-refractivity contribution >= 4 is 40.3 Å². The highest BCUT2D eigenvalue weighted by molar-refractivity contribution is 7.80. The van der Waals surface area contributed by atoms with Crippen molar-refractivity contribution in [3.8, 4) is 11.4 Å². The van der Waals surface area contributed by atoms with Crippen LogP contribution in [0.3, 0.4) is 0 Å². The van der Waals surface area contributed by atoms with Gasteiger partial charge in [-0.15, -0.1) is 0 Å². The van der Waals surface area contributed by atoms with Gasteiger partial charge in [0.1, 0.15) is 11.8 Å². The first-order valence-electron chi connectivity index (χ1n) is 10.4. The predicted octanol–water partition coefficient (Wildman–Crippen LogP) is 5.32. The molecule has 0 saturated carbocycles. The number of nitrogens with one attached hydrogen (secondary N) is 1. The molecule has 170 valence electrons. The van der Waals surface area contributed by atoms with Gasteiger partial charge in [0, 0.05) is 35.2 Å². The Hall–Kier alpha value is -3.95. The minimum absolute atomic E-state index is 0.0113. The number of halogens is 1. The lowest BCUT2D eigenvalue weighted by molar-refractivity contribution is -0.384.